The molecule has 1 fully saturated rings. The van der Waals surface area contributed by atoms with Crippen molar-refractivity contribution >= 4 is 33.3 Å². The lowest BCUT2D eigenvalue weighted by Gasteiger charge is -2.13. The number of anilines is 1. The van der Waals surface area contributed by atoms with Crippen molar-refractivity contribution in [3.05, 3.63) is 30.2 Å². The van der Waals surface area contributed by atoms with Crippen LogP contribution >= 0.6 is 11.3 Å². The zero-order chi connectivity index (χ0) is 23.1. The molecule has 0 aromatic carbocycles. The topological polar surface area (TPSA) is 103 Å². The second-order valence-corrected chi connectivity index (χ2v) is 9.79. The Bertz CT molecular complexity index is 1320. The van der Waals surface area contributed by atoms with Crippen LogP contribution in [0.1, 0.15) is 44.7 Å². The first-order chi connectivity index (χ1) is 15.9. The maximum atomic E-state index is 11.5. The highest BCUT2D eigenvalue weighted by Crippen LogP contribution is 2.40. The van der Waals surface area contributed by atoms with Crippen LogP contribution in [0.3, 0.4) is 0 Å². The van der Waals surface area contributed by atoms with Crippen LogP contribution in [-0.2, 0) is 11.8 Å². The Hall–Kier alpha value is -3.27. The Morgan fingerprint density at radius 3 is 2.82 bits per heavy atom. The molecule has 0 bridgehead atoms. The van der Waals surface area contributed by atoms with Gasteiger partial charge in [0.05, 0.1) is 10.3 Å². The zero-order valence-electron chi connectivity index (χ0n) is 19.3. The van der Waals surface area contributed by atoms with Gasteiger partial charge in [0.2, 0.25) is 5.91 Å². The first-order valence-corrected chi connectivity index (χ1v) is 12.1. The van der Waals surface area contributed by atoms with Gasteiger partial charge >= 0.3 is 0 Å². The predicted octanol–water partition coefficient (Wildman–Crippen LogP) is 3.93. The smallest absolute Gasteiger partial charge is 0.220 e. The average Bonchev–Trinajstić information content (AvgIpc) is 3.55. The van der Waals surface area contributed by atoms with Gasteiger partial charge in [0.1, 0.15) is 16.3 Å². The number of carbonyl (C=O) groups is 1. The van der Waals surface area contributed by atoms with E-state index >= 15 is 0 Å². The Labute approximate surface area is 196 Å². The minimum atomic E-state index is 0.139. The van der Waals surface area contributed by atoms with Gasteiger partial charge in [0, 0.05) is 50.7 Å². The van der Waals surface area contributed by atoms with Gasteiger partial charge in [-0.2, -0.15) is 5.10 Å². The van der Waals surface area contributed by atoms with Crippen molar-refractivity contribution in [3.63, 3.8) is 0 Å². The van der Waals surface area contributed by atoms with Gasteiger partial charge < -0.3 is 15.2 Å². The number of nitrogens with one attached hydrogen (secondary N) is 2. The molecule has 0 spiro atoms. The summed E-state index contributed by atoms with van der Waals surface area (Å²) in [6.07, 6.45) is 8.01. The Balaban J connectivity index is 1.54. The zero-order valence-corrected chi connectivity index (χ0v) is 20.1. The summed E-state index contributed by atoms with van der Waals surface area (Å²) in [6, 6.07) is 2.58. The molecule has 0 saturated carbocycles. The van der Waals surface area contributed by atoms with E-state index in [1.165, 1.54) is 0 Å². The van der Waals surface area contributed by atoms with E-state index in [0.29, 0.717) is 24.8 Å². The van der Waals surface area contributed by atoms with Crippen molar-refractivity contribution < 1.29 is 4.79 Å². The molecule has 0 unspecified atom stereocenters. The van der Waals surface area contributed by atoms with E-state index in [4.69, 9.17) is 15.1 Å². The molecule has 1 atom stereocenters. The summed E-state index contributed by atoms with van der Waals surface area (Å²) in [7, 11) is 1.94. The summed E-state index contributed by atoms with van der Waals surface area (Å²) in [4.78, 5) is 27.7. The van der Waals surface area contributed by atoms with Crippen molar-refractivity contribution in [2.24, 2.45) is 7.05 Å². The van der Waals surface area contributed by atoms with Crippen molar-refractivity contribution in [1.82, 2.24) is 34.6 Å². The van der Waals surface area contributed by atoms with Crippen LogP contribution in [-0.4, -0.2) is 47.8 Å². The average molecular weight is 465 g/mol. The molecule has 33 heavy (non-hydrogen) atoms. The number of rotatable bonds is 7. The molecule has 2 N–H and O–H groups in total. The van der Waals surface area contributed by atoms with E-state index in [-0.39, 0.29) is 11.9 Å². The van der Waals surface area contributed by atoms with E-state index in [1.54, 1.807) is 17.5 Å². The highest BCUT2D eigenvalue weighted by Gasteiger charge is 2.23. The van der Waals surface area contributed by atoms with E-state index < -0.39 is 0 Å². The molecule has 4 aromatic rings. The molecule has 1 saturated heterocycles. The third kappa shape index (κ3) is 4.10. The number of fused-ring (bicyclic) bond motifs is 1. The molecule has 5 rings (SSSR count). The van der Waals surface area contributed by atoms with E-state index in [9.17, 15) is 4.79 Å². The number of imidazole rings is 1. The first-order valence-electron chi connectivity index (χ1n) is 11.3. The van der Waals surface area contributed by atoms with Crippen molar-refractivity contribution in [1.29, 1.82) is 0 Å². The number of amides is 1. The summed E-state index contributed by atoms with van der Waals surface area (Å²) >= 11 is 1.63. The molecule has 0 aliphatic carbocycles. The number of hydrogen-bond acceptors (Lipinski definition) is 7. The normalized spacial score (nSPS) is 16.2. The summed E-state index contributed by atoms with van der Waals surface area (Å²) in [5, 5.41) is 12.3. The lowest BCUT2D eigenvalue weighted by Crippen LogP contribution is -2.27. The monoisotopic (exact) mass is 464 g/mol. The third-order valence-corrected chi connectivity index (χ3v) is 7.26. The van der Waals surface area contributed by atoms with E-state index in [0.717, 1.165) is 50.8 Å². The standard InChI is InChI=1S/C23H28N8OS/c1-13(2)31-11-8-16(29-31)19-14(3)18-20(24-9-7-15-5-6-17(32)26-15)27-21(28-23(18)33-19)22-25-10-12-30(22)4/h8,10-13,15H,5-7,9H2,1-4H3,(H,26,32)(H,24,27,28)/t15-/m1/s1. The fraction of sp³-hybridized carbons (Fsp3) is 0.435. The molecular formula is C23H28N8OS. The number of aryl methyl sites for hydroxylation is 2. The first kappa shape index (κ1) is 21.6. The van der Waals surface area contributed by atoms with Crippen molar-refractivity contribution in [2.75, 3.05) is 11.9 Å². The van der Waals surface area contributed by atoms with Crippen molar-refractivity contribution in [3.8, 4) is 22.2 Å². The molecule has 172 valence electrons. The predicted molar refractivity (Wildman–Crippen MR) is 130 cm³/mol. The van der Waals surface area contributed by atoms with Crippen LogP contribution < -0.4 is 10.6 Å². The Morgan fingerprint density at radius 2 is 2.15 bits per heavy atom. The van der Waals surface area contributed by atoms with E-state index in [2.05, 4.69) is 42.5 Å². The summed E-state index contributed by atoms with van der Waals surface area (Å²) in [5.74, 6) is 2.25. The molecule has 9 nitrogen and oxygen atoms in total. The number of nitrogens with zero attached hydrogens (tertiary/aromatic N) is 6. The fourth-order valence-corrected chi connectivity index (χ4v) is 5.34. The fourth-order valence-electron chi connectivity index (χ4n) is 4.20. The van der Waals surface area contributed by atoms with Gasteiger partial charge in [-0.05, 0) is 45.2 Å². The van der Waals surface area contributed by atoms with Crippen LogP contribution in [0.2, 0.25) is 0 Å². The number of carbonyl (C=O) groups excluding carboxylic acids is 1. The molecule has 10 heteroatoms. The Morgan fingerprint density at radius 1 is 1.30 bits per heavy atom. The van der Waals surface area contributed by atoms with Crippen LogP contribution in [0.4, 0.5) is 5.82 Å². The quantitative estimate of drug-likeness (QED) is 0.430. The number of aromatic nitrogens is 6. The summed E-state index contributed by atoms with van der Waals surface area (Å²) in [5.41, 5.74) is 2.06. The third-order valence-electron chi connectivity index (χ3n) is 6.05. The number of thiophene rings is 1. The summed E-state index contributed by atoms with van der Waals surface area (Å²) in [6.45, 7) is 7.06. The highest BCUT2D eigenvalue weighted by atomic mass is 32.1. The van der Waals surface area contributed by atoms with Crippen LogP contribution in [0.25, 0.3) is 32.4 Å². The lowest BCUT2D eigenvalue weighted by atomic mass is 10.1. The largest absolute Gasteiger partial charge is 0.369 e. The number of hydrogen-bond donors (Lipinski definition) is 2. The second kappa shape index (κ2) is 8.58. The highest BCUT2D eigenvalue weighted by molar-refractivity contribution is 7.22. The molecule has 1 aliphatic rings. The van der Waals surface area contributed by atoms with Crippen LogP contribution in [0, 0.1) is 6.92 Å². The molecular weight excluding hydrogens is 436 g/mol. The second-order valence-electron chi connectivity index (χ2n) is 8.79. The van der Waals surface area contributed by atoms with Crippen LogP contribution in [0.5, 0.6) is 0 Å². The van der Waals surface area contributed by atoms with Crippen LogP contribution in [0.15, 0.2) is 24.7 Å². The SMILES string of the molecule is Cc1c(-c2ccn(C(C)C)n2)sc2nc(-c3nccn3C)nc(NCC[C@H]3CCC(=O)N3)c12. The maximum Gasteiger partial charge on any atom is 0.220 e. The maximum absolute atomic E-state index is 11.5. The molecule has 4 aromatic heterocycles. The summed E-state index contributed by atoms with van der Waals surface area (Å²) < 4.78 is 3.89. The van der Waals surface area contributed by atoms with E-state index in [1.807, 2.05) is 28.7 Å². The van der Waals surface area contributed by atoms with Gasteiger partial charge in [-0.25, -0.2) is 15.0 Å². The van der Waals surface area contributed by atoms with Gasteiger partial charge in [-0.1, -0.05) is 0 Å². The van der Waals surface area contributed by atoms with Crippen molar-refractivity contribution in [2.45, 2.75) is 52.1 Å². The minimum absolute atomic E-state index is 0.139. The molecule has 0 radical (unpaired) electrons. The van der Waals surface area contributed by atoms with Gasteiger partial charge in [-0.3, -0.25) is 9.48 Å². The molecule has 1 aliphatic heterocycles. The van der Waals surface area contributed by atoms with Gasteiger partial charge in [0.15, 0.2) is 11.6 Å². The molecule has 5 heterocycles. The minimum Gasteiger partial charge on any atom is -0.369 e. The lowest BCUT2D eigenvalue weighted by molar-refractivity contribution is -0.119. The molecule has 1 amide bonds. The Kier molecular flexibility index (Phi) is 5.61. The van der Waals surface area contributed by atoms with Gasteiger partial charge in [0.25, 0.3) is 0 Å². The van der Waals surface area contributed by atoms with Gasteiger partial charge in [-0.15, -0.1) is 11.3 Å².